The molecule has 0 aromatic rings. The molecule has 0 heterocycles. The summed E-state index contributed by atoms with van der Waals surface area (Å²) in [6.07, 6.45) is 8.49. The summed E-state index contributed by atoms with van der Waals surface area (Å²) in [4.78, 5) is 82.4. The monoisotopic (exact) mass is 1560 g/mol. The number of ether oxygens (including phenoxy) is 3. The summed E-state index contributed by atoms with van der Waals surface area (Å²) in [5.41, 5.74) is -3.24. The highest BCUT2D eigenvalue weighted by Gasteiger charge is 2.73. The van der Waals surface area contributed by atoms with Crippen LogP contribution in [0.2, 0.25) is 0 Å². The highest BCUT2D eigenvalue weighted by atomic mass is 16.6. The predicted molar refractivity (Wildman–Crippen MR) is 421 cm³/mol. The fourth-order valence-corrected chi connectivity index (χ4v) is 33.1. The second-order valence-electron chi connectivity index (χ2n) is 45.7. The summed E-state index contributed by atoms with van der Waals surface area (Å²) in [6, 6.07) is 0. The number of aliphatic hydroxyl groups is 6. The highest BCUT2D eigenvalue weighted by Crippen LogP contribution is 2.76. The molecule has 13 fully saturated rings. The van der Waals surface area contributed by atoms with E-state index in [1.54, 1.807) is 0 Å². The third-order valence-electron chi connectivity index (χ3n) is 38.1. The Kier molecular flexibility index (Phi) is 23.4. The first kappa shape index (κ1) is 85.5. The Hall–Kier alpha value is -3.42. The molecule has 0 aromatic heterocycles. The van der Waals surface area contributed by atoms with Gasteiger partial charge in [-0.25, -0.2) is 0 Å². The van der Waals surface area contributed by atoms with Crippen LogP contribution in [0, 0.1) is 191 Å². The molecule has 36 atom stereocenters. The number of hydrogen-bond acceptors (Lipinski definition) is 15. The smallest absolute Gasteiger partial charge is 0.309 e. The third kappa shape index (κ3) is 14.4. The van der Waals surface area contributed by atoms with Gasteiger partial charge in [0.25, 0.3) is 0 Å². The molecule has 0 aromatic carbocycles. The Morgan fingerprint density at radius 1 is 0.324 bits per heavy atom. The zero-order chi connectivity index (χ0) is 81.2. The first-order valence-corrected chi connectivity index (χ1v) is 44.9. The van der Waals surface area contributed by atoms with Crippen molar-refractivity contribution in [3.63, 3.8) is 0 Å². The van der Waals surface area contributed by atoms with Crippen LogP contribution in [0.1, 0.15) is 298 Å². The van der Waals surface area contributed by atoms with Crippen LogP contribution >= 0.6 is 0 Å². The largest absolute Gasteiger partial charge is 0.481 e. The number of hydrogen-bond donors (Lipinski definition) is 9. The van der Waals surface area contributed by atoms with Gasteiger partial charge in [0, 0.05) is 19.3 Å². The van der Waals surface area contributed by atoms with Crippen LogP contribution in [-0.2, 0) is 43.0 Å². The van der Waals surface area contributed by atoms with Gasteiger partial charge in [-0.05, 0) is 327 Å². The lowest BCUT2D eigenvalue weighted by Gasteiger charge is -2.67. The molecule has 13 saturated carbocycles. The minimum absolute atomic E-state index is 0.00647. The predicted octanol–water partition coefficient (Wildman–Crippen LogP) is 15.9. The molecule has 0 radical (unpaired) electrons. The molecule has 0 spiro atoms. The number of carboxylic acids is 3. The zero-order valence-electron chi connectivity index (χ0n) is 71.3. The van der Waals surface area contributed by atoms with Gasteiger partial charge in [-0.3, -0.25) is 28.8 Å². The molecule has 111 heavy (non-hydrogen) atoms. The Morgan fingerprint density at radius 2 is 0.559 bits per heavy atom. The normalized spacial score (nSPS) is 49.5. The number of carboxylic acid groups (broad SMARTS) is 3. The third-order valence-corrected chi connectivity index (χ3v) is 38.1. The number of fused-ring (bicyclic) bond motifs is 15. The lowest BCUT2D eigenvalue weighted by molar-refractivity contribution is -0.237. The van der Waals surface area contributed by atoms with Crippen molar-refractivity contribution >= 4 is 35.8 Å². The summed E-state index contributed by atoms with van der Waals surface area (Å²) in [7, 11) is 0. The van der Waals surface area contributed by atoms with Crippen LogP contribution in [0.4, 0.5) is 0 Å². The van der Waals surface area contributed by atoms with E-state index in [1.807, 2.05) is 0 Å². The maximum absolute atomic E-state index is 15.7. The average molecular weight is 1560 g/mol. The lowest BCUT2D eigenvalue weighted by Crippen LogP contribution is -2.65. The van der Waals surface area contributed by atoms with Gasteiger partial charge >= 0.3 is 35.8 Å². The fraction of sp³-hybridized carbons (Fsp3) is 0.935. The van der Waals surface area contributed by atoms with Crippen molar-refractivity contribution in [1.82, 2.24) is 0 Å². The highest BCUT2D eigenvalue weighted by molar-refractivity contribution is 5.80. The Balaban J connectivity index is 0.760. The average Bonchev–Trinajstić information content (AvgIpc) is 1.69. The molecule has 18 nitrogen and oxygen atoms in total. The lowest BCUT2D eigenvalue weighted by atomic mass is 9.39. The van der Waals surface area contributed by atoms with Gasteiger partial charge in [-0.1, -0.05) is 125 Å². The van der Waals surface area contributed by atoms with Gasteiger partial charge in [0.15, 0.2) is 0 Å². The van der Waals surface area contributed by atoms with E-state index < -0.39 is 125 Å². The fourth-order valence-electron chi connectivity index (χ4n) is 33.1. The zero-order valence-corrected chi connectivity index (χ0v) is 71.3. The molecule has 13 aliphatic rings. The second kappa shape index (κ2) is 30.4. The molecule has 0 amide bonds. The summed E-state index contributed by atoms with van der Waals surface area (Å²) in [6.45, 7) is 40.5. The second-order valence-corrected chi connectivity index (χ2v) is 45.7. The molecule has 9 N–H and O–H groups in total. The molecule has 0 aliphatic heterocycles. The van der Waals surface area contributed by atoms with Gasteiger partial charge < -0.3 is 60.2 Å². The number of aliphatic carboxylic acids is 3. The number of esters is 3. The molecular formula is C93H150O18. The SMILES string of the molecule is C[C@H](CCC(=O)O)[C@H]1CCC2C3C(C[C@H](O)[C@@]21C)[C@@]1(C)C(C(C)(C)C)C[C@@H](OC(=O)C2CC(C(=O)O[C@@H]4CC(C(C)(C)C)[C@]5(C)C6C[C@H](O)[C@@]7(C)C(CC[C@@H]7[C@H](C)CCC(=O)O)C6[C@H](O)C[C@@H]5C4)CC(C(=O)O[C@@H]4CC(C(C)(C)C)[C@]5(C)C6C[C@H](O)[C@@]7(C)C(CC[C@@H]7[C@H](C)CCC(=O)O)C6[C@H](O)C[C@@H]5C4)C2)C[C@H]1C[C@H]3O. The molecule has 13 aliphatic carbocycles. The van der Waals surface area contributed by atoms with E-state index in [0.717, 1.165) is 38.5 Å². The van der Waals surface area contributed by atoms with Crippen molar-refractivity contribution < 1.29 is 88.9 Å². The topological polar surface area (TPSA) is 312 Å². The van der Waals surface area contributed by atoms with Crippen LogP contribution in [0.5, 0.6) is 0 Å². The van der Waals surface area contributed by atoms with Crippen molar-refractivity contribution in [2.24, 2.45) is 191 Å². The van der Waals surface area contributed by atoms with Gasteiger partial charge in [0.05, 0.1) is 54.4 Å². The summed E-state index contributed by atoms with van der Waals surface area (Å²) < 4.78 is 20.8. The van der Waals surface area contributed by atoms with E-state index in [2.05, 4.69) is 125 Å². The standard InChI is InChI=1S/C93H150O18/c1-46(19-28-76(100)101)58-22-25-61-79-64(43-73(97)91(58,61)16)88(13)52(37-67(79)94)34-55(40-70(88)85(4,5)6)109-82(106)49-31-50(83(107)110-56-35-53-38-68(95)80-62-26-23-59(47(2)20-29-77(102)103)92(62,17)74(98)44-65(80)89(53,14)71(41-56)86(7,8)9)33-51(32-49)84(108)111-57-36-54-39-69(96)81-63-27-24-60(48(3)21-30-78(104)105)93(63,18)75(99)45-66(81)90(54,15)72(42-57)87(10,11)12/h46-75,79-81,94-99H,19-45H2,1-18H3,(H,100,101)(H,102,103)(H,104,105)/t46-,47-,48-,49?,50?,51?,52+,53+,54+,55+,56+,57+,58-,59-,60-,61?,62?,63?,64?,65?,66?,67-,68-,69-,70?,71?,72?,73+,74+,75+,79?,80?,81?,88+,89+,90+,91-,92-,93-/m1/s1. The van der Waals surface area contributed by atoms with E-state index in [0.29, 0.717) is 96.3 Å². The molecule has 18 heteroatoms. The number of carbonyl (C=O) groups excluding carboxylic acids is 3. The van der Waals surface area contributed by atoms with Crippen molar-refractivity contribution in [3.05, 3.63) is 0 Å². The first-order chi connectivity index (χ1) is 51.6. The van der Waals surface area contributed by atoms with Gasteiger partial charge in [-0.2, -0.15) is 0 Å². The molecule has 13 rings (SSSR count). The van der Waals surface area contributed by atoms with Gasteiger partial charge in [0.1, 0.15) is 18.3 Å². The Morgan fingerprint density at radius 3 is 0.775 bits per heavy atom. The molecule has 630 valence electrons. The van der Waals surface area contributed by atoms with E-state index >= 15 is 14.4 Å². The van der Waals surface area contributed by atoms with Crippen LogP contribution in [-0.4, -0.2) is 137 Å². The Bertz CT molecular complexity index is 3070. The number of carbonyl (C=O) groups is 6. The number of aliphatic hydroxyl groups excluding tert-OH is 6. The van der Waals surface area contributed by atoms with Gasteiger partial charge in [0.2, 0.25) is 0 Å². The minimum Gasteiger partial charge on any atom is -0.481 e. The van der Waals surface area contributed by atoms with E-state index in [1.165, 1.54) is 0 Å². The maximum Gasteiger partial charge on any atom is 0.309 e. The van der Waals surface area contributed by atoms with Crippen molar-refractivity contribution in [2.75, 3.05) is 0 Å². The summed E-state index contributed by atoms with van der Waals surface area (Å²) in [5.74, 6) is -5.79. The maximum atomic E-state index is 15.7. The van der Waals surface area contributed by atoms with Crippen molar-refractivity contribution in [1.29, 1.82) is 0 Å². The summed E-state index contributed by atoms with van der Waals surface area (Å²) in [5, 5.41) is 105. The van der Waals surface area contributed by atoms with E-state index in [4.69, 9.17) is 14.2 Å². The van der Waals surface area contributed by atoms with E-state index in [-0.39, 0.29) is 195 Å². The minimum atomic E-state index is -0.863. The first-order valence-electron chi connectivity index (χ1n) is 44.9. The van der Waals surface area contributed by atoms with Crippen LogP contribution in [0.25, 0.3) is 0 Å². The van der Waals surface area contributed by atoms with Crippen molar-refractivity contribution in [2.45, 2.75) is 353 Å². The Labute approximate surface area is 665 Å². The summed E-state index contributed by atoms with van der Waals surface area (Å²) >= 11 is 0. The molecule has 12 unspecified atom stereocenters. The van der Waals surface area contributed by atoms with Crippen LogP contribution < -0.4 is 0 Å². The molecule has 0 saturated heterocycles. The quantitative estimate of drug-likeness (QED) is 0.0455. The van der Waals surface area contributed by atoms with Crippen molar-refractivity contribution in [3.8, 4) is 0 Å². The van der Waals surface area contributed by atoms with Gasteiger partial charge in [-0.15, -0.1) is 0 Å². The molecular weight excluding hydrogens is 1410 g/mol. The van der Waals surface area contributed by atoms with Crippen LogP contribution in [0.3, 0.4) is 0 Å². The number of rotatable bonds is 18. The van der Waals surface area contributed by atoms with E-state index in [9.17, 15) is 60.3 Å². The van der Waals surface area contributed by atoms with Crippen LogP contribution in [0.15, 0.2) is 0 Å². The molecule has 0 bridgehead atoms.